The molecule has 14 nitrogen and oxygen atoms in total. The minimum atomic E-state index is -0.929. The molecule has 0 aromatic heterocycles. The molecule has 14 heteroatoms. The Hall–Kier alpha value is -3.83. The van der Waals surface area contributed by atoms with E-state index in [9.17, 15) is 14.4 Å². The molecule has 0 saturated heterocycles. The number of rotatable bonds is 18. The van der Waals surface area contributed by atoms with Gasteiger partial charge in [0, 0.05) is 41.3 Å². The number of hydrogen-bond donors (Lipinski definition) is 3. The van der Waals surface area contributed by atoms with Crippen molar-refractivity contribution in [2.24, 2.45) is 10.2 Å². The molecule has 0 saturated carbocycles. The van der Waals surface area contributed by atoms with Gasteiger partial charge >= 0.3 is 5.97 Å². The first-order valence-corrected chi connectivity index (χ1v) is 10.5. The van der Waals surface area contributed by atoms with Gasteiger partial charge in [0.25, 0.3) is 5.91 Å². The molecule has 0 unspecified atom stereocenters. The minimum Gasteiger partial charge on any atom is -0.481 e. The number of ether oxygens (including phenoxy) is 2. The Labute approximate surface area is 195 Å². The Balaban J connectivity index is 2.23. The van der Waals surface area contributed by atoms with Gasteiger partial charge in [-0.05, 0) is 34.7 Å². The highest BCUT2D eigenvalue weighted by Crippen LogP contribution is 2.15. The molecule has 0 radical (unpaired) electrons. The number of carboxylic acid groups (broad SMARTS) is 1. The molecule has 3 N–H and O–H groups in total. The van der Waals surface area contributed by atoms with Crippen LogP contribution in [0.25, 0.3) is 20.9 Å². The fourth-order valence-corrected chi connectivity index (χ4v) is 2.70. The molecule has 1 aromatic rings. The molecule has 0 aliphatic rings. The molecular formula is C20H28N8O6. The predicted molar refractivity (Wildman–Crippen MR) is 121 cm³/mol. The van der Waals surface area contributed by atoms with Crippen molar-refractivity contribution < 1.29 is 29.0 Å². The number of carboxylic acids is 1. The second-order valence-corrected chi connectivity index (χ2v) is 6.85. The third-order valence-electron chi connectivity index (χ3n) is 4.31. The van der Waals surface area contributed by atoms with Crippen LogP contribution < -0.4 is 10.6 Å². The van der Waals surface area contributed by atoms with E-state index in [1.165, 1.54) is 0 Å². The van der Waals surface area contributed by atoms with E-state index >= 15 is 0 Å². The van der Waals surface area contributed by atoms with Crippen molar-refractivity contribution >= 4 is 17.8 Å². The van der Waals surface area contributed by atoms with Gasteiger partial charge in [0.05, 0.1) is 39.5 Å². The maximum Gasteiger partial charge on any atom is 0.303 e. The lowest BCUT2D eigenvalue weighted by Crippen LogP contribution is -2.29. The van der Waals surface area contributed by atoms with Gasteiger partial charge in [0.1, 0.15) is 0 Å². The molecule has 1 aromatic carbocycles. The fraction of sp³-hybridized carbons (Fsp3) is 0.550. The predicted octanol–water partition coefficient (Wildman–Crippen LogP) is 2.44. The SMILES string of the molecule is [N-]=[N+]=NCc1ccc(CN=[N+]=[N-])c(C(=O)NCCOCCOCCNC(=O)CCCC(=O)O)c1. The molecule has 0 heterocycles. The summed E-state index contributed by atoms with van der Waals surface area (Å²) in [5.74, 6) is -1.52. The summed E-state index contributed by atoms with van der Waals surface area (Å²) < 4.78 is 10.7. The third-order valence-corrected chi connectivity index (χ3v) is 4.31. The van der Waals surface area contributed by atoms with Gasteiger partial charge in [-0.1, -0.05) is 22.4 Å². The van der Waals surface area contributed by atoms with Crippen LogP contribution in [0.15, 0.2) is 28.4 Å². The summed E-state index contributed by atoms with van der Waals surface area (Å²) in [4.78, 5) is 39.8. The van der Waals surface area contributed by atoms with Crippen molar-refractivity contribution in [3.05, 3.63) is 55.8 Å². The molecule has 0 aliphatic carbocycles. The molecule has 34 heavy (non-hydrogen) atoms. The zero-order chi connectivity index (χ0) is 25.0. The highest BCUT2D eigenvalue weighted by molar-refractivity contribution is 5.95. The highest BCUT2D eigenvalue weighted by Gasteiger charge is 2.12. The summed E-state index contributed by atoms with van der Waals surface area (Å²) in [6.45, 7) is 1.82. The van der Waals surface area contributed by atoms with Gasteiger partial charge in [-0.2, -0.15) is 0 Å². The van der Waals surface area contributed by atoms with Crippen LogP contribution in [-0.4, -0.2) is 62.4 Å². The Morgan fingerprint density at radius 2 is 1.56 bits per heavy atom. The van der Waals surface area contributed by atoms with Crippen LogP contribution in [0, 0.1) is 0 Å². The number of hydrogen-bond acceptors (Lipinski definition) is 7. The molecule has 184 valence electrons. The molecule has 2 amide bonds. The number of azide groups is 2. The average Bonchev–Trinajstić information content (AvgIpc) is 2.82. The number of nitrogens with zero attached hydrogens (tertiary/aromatic N) is 6. The standard InChI is InChI=1S/C20H28N8O6/c21-27-25-13-15-4-5-16(14-26-28-22)17(12-15)20(32)24-7-9-34-11-10-33-8-6-23-18(29)2-1-3-19(30)31/h4-5,12H,1-3,6-11,13-14H2,(H,23,29)(H,24,32)(H,30,31). The molecule has 1 rings (SSSR count). The Morgan fingerprint density at radius 1 is 0.912 bits per heavy atom. The summed E-state index contributed by atoms with van der Waals surface area (Å²) in [6, 6.07) is 4.94. The second kappa shape index (κ2) is 17.7. The zero-order valence-electron chi connectivity index (χ0n) is 18.7. The van der Waals surface area contributed by atoms with Crippen LogP contribution in [0.1, 0.15) is 40.7 Å². The number of carbonyl (C=O) groups excluding carboxylic acids is 2. The van der Waals surface area contributed by atoms with E-state index in [2.05, 4.69) is 30.7 Å². The van der Waals surface area contributed by atoms with E-state index in [4.69, 9.17) is 25.6 Å². The van der Waals surface area contributed by atoms with Crippen molar-refractivity contribution in [3.63, 3.8) is 0 Å². The van der Waals surface area contributed by atoms with Crippen LogP contribution in [-0.2, 0) is 32.2 Å². The number of aliphatic carboxylic acids is 1. The van der Waals surface area contributed by atoms with E-state index in [-0.39, 0.29) is 50.9 Å². The molecule has 0 spiro atoms. The topological polar surface area (TPSA) is 211 Å². The number of benzene rings is 1. The summed E-state index contributed by atoms with van der Waals surface area (Å²) >= 11 is 0. The lowest BCUT2D eigenvalue weighted by atomic mass is 10.0. The van der Waals surface area contributed by atoms with Crippen LogP contribution in [0.3, 0.4) is 0 Å². The Kier molecular flexibility index (Phi) is 14.7. The first-order chi connectivity index (χ1) is 16.5. The normalized spacial score (nSPS) is 10.0. The van der Waals surface area contributed by atoms with Crippen molar-refractivity contribution in [2.45, 2.75) is 32.4 Å². The first-order valence-electron chi connectivity index (χ1n) is 10.5. The lowest BCUT2D eigenvalue weighted by Gasteiger charge is -2.11. The van der Waals surface area contributed by atoms with Gasteiger partial charge in [-0.3, -0.25) is 14.4 Å². The number of carbonyl (C=O) groups is 3. The van der Waals surface area contributed by atoms with Gasteiger partial charge < -0.3 is 25.2 Å². The molecule has 0 atom stereocenters. The van der Waals surface area contributed by atoms with E-state index in [1.807, 2.05) is 0 Å². The maximum atomic E-state index is 12.5. The molecule has 0 aliphatic heterocycles. The van der Waals surface area contributed by atoms with E-state index in [0.717, 1.165) is 0 Å². The average molecular weight is 476 g/mol. The summed E-state index contributed by atoms with van der Waals surface area (Å²) in [6.07, 6.45) is 0.414. The van der Waals surface area contributed by atoms with E-state index in [0.29, 0.717) is 49.5 Å². The second-order valence-electron chi connectivity index (χ2n) is 6.85. The van der Waals surface area contributed by atoms with Crippen molar-refractivity contribution in [1.29, 1.82) is 0 Å². The van der Waals surface area contributed by atoms with Gasteiger partial charge in [-0.15, -0.1) is 0 Å². The van der Waals surface area contributed by atoms with Gasteiger partial charge in [0.2, 0.25) is 5.91 Å². The van der Waals surface area contributed by atoms with Crippen LogP contribution >= 0.6 is 0 Å². The summed E-state index contributed by atoms with van der Waals surface area (Å²) in [5, 5.41) is 20.8. The highest BCUT2D eigenvalue weighted by atomic mass is 16.5. The van der Waals surface area contributed by atoms with Gasteiger partial charge in [-0.25, -0.2) is 0 Å². The van der Waals surface area contributed by atoms with Crippen molar-refractivity contribution in [3.8, 4) is 0 Å². The number of nitrogens with one attached hydrogen (secondary N) is 2. The fourth-order valence-electron chi connectivity index (χ4n) is 2.70. The maximum absolute atomic E-state index is 12.5. The number of amides is 2. The molecule has 0 fully saturated rings. The summed E-state index contributed by atoms with van der Waals surface area (Å²) in [5.41, 5.74) is 18.5. The zero-order valence-corrected chi connectivity index (χ0v) is 18.7. The first kappa shape index (κ1) is 28.2. The van der Waals surface area contributed by atoms with Crippen LogP contribution in [0.4, 0.5) is 0 Å². The van der Waals surface area contributed by atoms with Crippen LogP contribution in [0.2, 0.25) is 0 Å². The van der Waals surface area contributed by atoms with Crippen molar-refractivity contribution in [2.75, 3.05) is 39.5 Å². The lowest BCUT2D eigenvalue weighted by molar-refractivity contribution is -0.137. The Morgan fingerprint density at radius 3 is 2.21 bits per heavy atom. The van der Waals surface area contributed by atoms with E-state index in [1.54, 1.807) is 18.2 Å². The molecular weight excluding hydrogens is 448 g/mol. The van der Waals surface area contributed by atoms with E-state index < -0.39 is 5.97 Å². The minimum absolute atomic E-state index is 0.0116. The van der Waals surface area contributed by atoms with Crippen molar-refractivity contribution in [1.82, 2.24) is 10.6 Å². The largest absolute Gasteiger partial charge is 0.481 e. The van der Waals surface area contributed by atoms with Crippen LogP contribution in [0.5, 0.6) is 0 Å². The quantitative estimate of drug-likeness (QED) is 0.125. The monoisotopic (exact) mass is 476 g/mol. The third kappa shape index (κ3) is 12.9. The Bertz CT molecular complexity index is 912. The molecule has 0 bridgehead atoms. The van der Waals surface area contributed by atoms with Gasteiger partial charge in [0.15, 0.2) is 0 Å². The summed E-state index contributed by atoms with van der Waals surface area (Å²) in [7, 11) is 0. The smallest absolute Gasteiger partial charge is 0.303 e.